The van der Waals surface area contributed by atoms with Crippen molar-refractivity contribution in [2.24, 2.45) is 7.05 Å². The van der Waals surface area contributed by atoms with Gasteiger partial charge < -0.3 is 19.9 Å². The highest BCUT2D eigenvalue weighted by Crippen LogP contribution is 2.20. The number of thioether (sulfide) groups is 1. The number of hydrogen-bond acceptors (Lipinski definition) is 6. The molecule has 1 heterocycles. The van der Waals surface area contributed by atoms with Crippen LogP contribution in [0.2, 0.25) is 0 Å². The molecule has 0 spiro atoms. The quantitative estimate of drug-likeness (QED) is 0.530. The van der Waals surface area contributed by atoms with Crippen molar-refractivity contribution in [1.82, 2.24) is 25.4 Å². The van der Waals surface area contributed by atoms with E-state index in [4.69, 9.17) is 4.74 Å². The molecule has 0 saturated heterocycles. The Hall–Kier alpha value is -2.55. The normalized spacial score (nSPS) is 14.4. The molecular weight excluding hydrogens is 426 g/mol. The Morgan fingerprint density at radius 3 is 2.53 bits per heavy atom. The Labute approximate surface area is 193 Å². The van der Waals surface area contributed by atoms with E-state index in [1.54, 1.807) is 4.57 Å². The fourth-order valence-corrected chi connectivity index (χ4v) is 4.34. The number of ether oxygens (including phenoxy) is 1. The second kappa shape index (κ2) is 11.9. The standard InChI is InChI=1S/C23H33N5O3S/c1-16(2)17-9-11-19(12-10-17)31-14-21(29)24-13-20-26-27-23(28(20)3)32-15-22(30)25-18-7-5-4-6-8-18/h9-12,16,18H,4-8,13-15H2,1-3H3,(H,24,29)(H,25,30). The van der Waals surface area contributed by atoms with Crippen LogP contribution in [0.3, 0.4) is 0 Å². The van der Waals surface area contributed by atoms with Gasteiger partial charge >= 0.3 is 0 Å². The maximum absolute atomic E-state index is 12.2. The molecule has 1 aromatic heterocycles. The van der Waals surface area contributed by atoms with Crippen molar-refractivity contribution in [2.45, 2.75) is 69.6 Å². The Morgan fingerprint density at radius 2 is 1.84 bits per heavy atom. The summed E-state index contributed by atoms with van der Waals surface area (Å²) in [5.41, 5.74) is 1.23. The molecule has 1 aliphatic rings. The number of carbonyl (C=O) groups excluding carboxylic acids is 2. The lowest BCUT2D eigenvalue weighted by molar-refractivity contribution is -0.123. The first kappa shape index (κ1) is 24.1. The van der Waals surface area contributed by atoms with E-state index < -0.39 is 0 Å². The molecule has 1 aromatic carbocycles. The number of amides is 2. The van der Waals surface area contributed by atoms with Gasteiger partial charge in [0.2, 0.25) is 5.91 Å². The number of nitrogens with one attached hydrogen (secondary N) is 2. The summed E-state index contributed by atoms with van der Waals surface area (Å²) in [6.45, 7) is 4.44. The van der Waals surface area contributed by atoms with Crippen LogP contribution in [0, 0.1) is 0 Å². The molecule has 174 valence electrons. The molecule has 3 rings (SSSR count). The zero-order chi connectivity index (χ0) is 22.9. The highest BCUT2D eigenvalue weighted by Gasteiger charge is 2.17. The third kappa shape index (κ3) is 7.25. The van der Waals surface area contributed by atoms with Gasteiger partial charge in [0.05, 0.1) is 12.3 Å². The number of carbonyl (C=O) groups is 2. The summed E-state index contributed by atoms with van der Waals surface area (Å²) in [5.74, 6) is 1.83. The molecule has 9 heteroatoms. The van der Waals surface area contributed by atoms with Gasteiger partial charge in [-0.2, -0.15) is 0 Å². The third-order valence-electron chi connectivity index (χ3n) is 5.59. The van der Waals surface area contributed by atoms with E-state index in [2.05, 4.69) is 34.7 Å². The highest BCUT2D eigenvalue weighted by molar-refractivity contribution is 7.99. The number of nitrogens with zero attached hydrogens (tertiary/aromatic N) is 3. The number of rotatable bonds is 10. The predicted molar refractivity (Wildman–Crippen MR) is 125 cm³/mol. The van der Waals surface area contributed by atoms with Crippen LogP contribution in [-0.4, -0.2) is 45.0 Å². The van der Waals surface area contributed by atoms with Gasteiger partial charge in [-0.25, -0.2) is 0 Å². The second-order valence-corrected chi connectivity index (χ2v) is 9.38. The van der Waals surface area contributed by atoms with E-state index in [9.17, 15) is 9.59 Å². The van der Waals surface area contributed by atoms with Gasteiger partial charge in [-0.3, -0.25) is 9.59 Å². The summed E-state index contributed by atoms with van der Waals surface area (Å²) in [6.07, 6.45) is 5.77. The predicted octanol–water partition coefficient (Wildman–Crippen LogP) is 3.17. The summed E-state index contributed by atoms with van der Waals surface area (Å²) in [4.78, 5) is 24.3. The first-order valence-electron chi connectivity index (χ1n) is 11.2. The molecule has 0 aliphatic heterocycles. The third-order valence-corrected chi connectivity index (χ3v) is 6.61. The van der Waals surface area contributed by atoms with E-state index in [-0.39, 0.29) is 25.0 Å². The molecule has 0 atom stereocenters. The summed E-state index contributed by atoms with van der Waals surface area (Å²) in [7, 11) is 1.83. The van der Waals surface area contributed by atoms with Gasteiger partial charge in [-0.05, 0) is 36.5 Å². The molecule has 1 aliphatic carbocycles. The van der Waals surface area contributed by atoms with Crippen molar-refractivity contribution >= 4 is 23.6 Å². The van der Waals surface area contributed by atoms with Gasteiger partial charge in [0, 0.05) is 13.1 Å². The zero-order valence-electron chi connectivity index (χ0n) is 19.1. The largest absolute Gasteiger partial charge is 0.484 e. The number of hydrogen-bond donors (Lipinski definition) is 2. The maximum atomic E-state index is 12.2. The van der Waals surface area contributed by atoms with Crippen LogP contribution in [0.15, 0.2) is 29.4 Å². The Balaban J connectivity index is 1.38. The van der Waals surface area contributed by atoms with Gasteiger partial charge in [0.1, 0.15) is 5.75 Å². The van der Waals surface area contributed by atoms with Crippen LogP contribution in [0.1, 0.15) is 63.3 Å². The topological polar surface area (TPSA) is 98.1 Å². The van der Waals surface area contributed by atoms with Gasteiger partial charge in [-0.15, -0.1) is 10.2 Å². The highest BCUT2D eigenvalue weighted by atomic mass is 32.2. The maximum Gasteiger partial charge on any atom is 0.258 e. The van der Waals surface area contributed by atoms with Crippen molar-refractivity contribution in [3.8, 4) is 5.75 Å². The van der Waals surface area contributed by atoms with E-state index >= 15 is 0 Å². The molecule has 1 fully saturated rings. The lowest BCUT2D eigenvalue weighted by Gasteiger charge is -2.22. The van der Waals surface area contributed by atoms with Crippen molar-refractivity contribution in [1.29, 1.82) is 0 Å². The monoisotopic (exact) mass is 459 g/mol. The summed E-state index contributed by atoms with van der Waals surface area (Å²) >= 11 is 1.35. The first-order chi connectivity index (χ1) is 15.4. The molecule has 2 aromatic rings. The summed E-state index contributed by atoms with van der Waals surface area (Å²) in [5, 5.41) is 14.8. The average molecular weight is 460 g/mol. The smallest absolute Gasteiger partial charge is 0.258 e. The Morgan fingerprint density at radius 1 is 1.12 bits per heavy atom. The lowest BCUT2D eigenvalue weighted by atomic mass is 9.95. The number of benzene rings is 1. The fourth-order valence-electron chi connectivity index (χ4n) is 3.60. The van der Waals surface area contributed by atoms with E-state index in [0.717, 1.165) is 12.8 Å². The average Bonchev–Trinajstić information content (AvgIpc) is 3.15. The van der Waals surface area contributed by atoms with Crippen LogP contribution in [0.25, 0.3) is 0 Å². The van der Waals surface area contributed by atoms with Crippen LogP contribution >= 0.6 is 11.8 Å². The SMILES string of the molecule is CC(C)c1ccc(OCC(=O)NCc2nnc(SCC(=O)NC3CCCCC3)n2C)cc1. The van der Waals surface area contributed by atoms with E-state index in [0.29, 0.717) is 34.4 Å². The van der Waals surface area contributed by atoms with Gasteiger partial charge in [-0.1, -0.05) is 57.0 Å². The van der Waals surface area contributed by atoms with Crippen molar-refractivity contribution in [3.63, 3.8) is 0 Å². The van der Waals surface area contributed by atoms with Gasteiger partial charge in [0.15, 0.2) is 17.6 Å². The molecule has 0 radical (unpaired) electrons. The second-order valence-electron chi connectivity index (χ2n) is 8.44. The fraction of sp³-hybridized carbons (Fsp3) is 0.565. The van der Waals surface area contributed by atoms with Crippen molar-refractivity contribution < 1.29 is 14.3 Å². The molecule has 2 N–H and O–H groups in total. The minimum atomic E-state index is -0.234. The number of aromatic nitrogens is 3. The summed E-state index contributed by atoms with van der Waals surface area (Å²) in [6, 6.07) is 8.06. The molecule has 8 nitrogen and oxygen atoms in total. The molecule has 0 bridgehead atoms. The minimum Gasteiger partial charge on any atom is -0.484 e. The molecule has 2 amide bonds. The summed E-state index contributed by atoms with van der Waals surface area (Å²) < 4.78 is 7.35. The minimum absolute atomic E-state index is 0.0262. The van der Waals surface area contributed by atoms with Crippen LogP contribution in [0.5, 0.6) is 5.75 Å². The molecule has 0 unspecified atom stereocenters. The molecule has 32 heavy (non-hydrogen) atoms. The van der Waals surface area contributed by atoms with Crippen molar-refractivity contribution in [3.05, 3.63) is 35.7 Å². The Bertz CT molecular complexity index is 892. The van der Waals surface area contributed by atoms with Crippen molar-refractivity contribution in [2.75, 3.05) is 12.4 Å². The lowest BCUT2D eigenvalue weighted by Crippen LogP contribution is -2.37. The van der Waals surface area contributed by atoms with E-state index in [1.807, 2.05) is 31.3 Å². The molecular formula is C23H33N5O3S. The first-order valence-corrected chi connectivity index (χ1v) is 12.2. The van der Waals surface area contributed by atoms with E-state index in [1.165, 1.54) is 36.6 Å². The zero-order valence-corrected chi connectivity index (χ0v) is 19.9. The molecule has 1 saturated carbocycles. The van der Waals surface area contributed by atoms with Crippen LogP contribution in [0.4, 0.5) is 0 Å². The Kier molecular flexibility index (Phi) is 8.96. The van der Waals surface area contributed by atoms with Gasteiger partial charge in [0.25, 0.3) is 5.91 Å². The van der Waals surface area contributed by atoms with Crippen LogP contribution < -0.4 is 15.4 Å². The van der Waals surface area contributed by atoms with Crippen LogP contribution in [-0.2, 0) is 23.2 Å².